The van der Waals surface area contributed by atoms with E-state index in [-0.39, 0.29) is 30.5 Å². The summed E-state index contributed by atoms with van der Waals surface area (Å²) in [6.45, 7) is 14.5. The van der Waals surface area contributed by atoms with Crippen molar-refractivity contribution < 1.29 is 42.6 Å². The molecule has 0 bridgehead atoms. The maximum atomic E-state index is 12.6. The van der Waals surface area contributed by atoms with Gasteiger partial charge in [-0.2, -0.15) is 0 Å². The minimum atomic E-state index is -0.482. The molecule has 9 nitrogen and oxygen atoms in total. The first-order chi connectivity index (χ1) is 26.1. The highest BCUT2D eigenvalue weighted by Crippen LogP contribution is 2.16. The molecule has 0 aromatic rings. The van der Waals surface area contributed by atoms with Crippen molar-refractivity contribution in [2.45, 2.75) is 189 Å². The van der Waals surface area contributed by atoms with E-state index in [4.69, 9.17) is 18.9 Å². The maximum Gasteiger partial charge on any atom is 0.306 e. The zero-order chi connectivity index (χ0) is 41.3. The fraction of sp³-hybridized carbons (Fsp3) is 0.826. The zero-order valence-corrected chi connectivity index (χ0v) is 37.0. The highest BCUT2D eigenvalue weighted by atomic mass is 16.6. The van der Waals surface area contributed by atoms with E-state index in [1.165, 1.54) is 11.1 Å². The topological polar surface area (TPSA) is 105 Å². The van der Waals surface area contributed by atoms with Crippen LogP contribution in [0.4, 0.5) is 0 Å². The van der Waals surface area contributed by atoms with Gasteiger partial charge in [-0.1, -0.05) is 88.5 Å². The summed E-state index contributed by atoms with van der Waals surface area (Å²) in [5, 5.41) is 0. The van der Waals surface area contributed by atoms with Crippen LogP contribution in [0.25, 0.3) is 0 Å². The van der Waals surface area contributed by atoms with E-state index < -0.39 is 6.10 Å². The van der Waals surface area contributed by atoms with Crippen LogP contribution in [0.5, 0.6) is 0 Å². The van der Waals surface area contributed by atoms with Crippen molar-refractivity contribution in [2.75, 3.05) is 47.5 Å². The van der Waals surface area contributed by atoms with E-state index >= 15 is 0 Å². The van der Waals surface area contributed by atoms with E-state index in [1.54, 1.807) is 0 Å². The molecule has 0 amide bonds. The third kappa shape index (κ3) is 38.0. The van der Waals surface area contributed by atoms with Crippen LogP contribution in [0.3, 0.4) is 0 Å². The van der Waals surface area contributed by atoms with Crippen LogP contribution < -0.4 is 0 Å². The Morgan fingerprint density at radius 2 is 0.836 bits per heavy atom. The van der Waals surface area contributed by atoms with Gasteiger partial charge in [-0.05, 0) is 104 Å². The molecule has 55 heavy (non-hydrogen) atoms. The Labute approximate surface area is 337 Å². The summed E-state index contributed by atoms with van der Waals surface area (Å²) in [7, 11) is 6.07. The van der Waals surface area contributed by atoms with Gasteiger partial charge in [0.15, 0.2) is 6.10 Å². The first-order valence-electron chi connectivity index (χ1n) is 21.8. The molecular weight excluding hydrogens is 695 g/mol. The molecule has 0 saturated carbocycles. The number of unbranched alkanes of at least 4 members (excludes halogenated alkanes) is 10. The van der Waals surface area contributed by atoms with Crippen LogP contribution in [0.1, 0.15) is 183 Å². The number of nitrogens with zero attached hydrogens (tertiary/aromatic N) is 1. The first kappa shape index (κ1) is 52.3. The van der Waals surface area contributed by atoms with Gasteiger partial charge in [-0.15, -0.1) is 0 Å². The number of hydrogen-bond donors (Lipinski definition) is 0. The van der Waals surface area contributed by atoms with Crippen molar-refractivity contribution in [1.82, 2.24) is 0 Å². The van der Waals surface area contributed by atoms with E-state index in [2.05, 4.69) is 53.7 Å². The third-order valence-electron chi connectivity index (χ3n) is 9.67. The van der Waals surface area contributed by atoms with Crippen molar-refractivity contribution in [2.24, 2.45) is 11.8 Å². The quantitative estimate of drug-likeness (QED) is 0.0206. The number of carbonyl (C=O) groups is 4. The van der Waals surface area contributed by atoms with Gasteiger partial charge in [0.05, 0.1) is 34.4 Å². The summed E-state index contributed by atoms with van der Waals surface area (Å²) in [6.07, 6.45) is 23.0. The minimum absolute atomic E-state index is 0.0722. The fourth-order valence-electron chi connectivity index (χ4n) is 6.22. The predicted molar refractivity (Wildman–Crippen MR) is 224 cm³/mol. The number of carbonyl (C=O) groups excluding carboxylic acids is 4. The molecule has 0 aromatic carbocycles. The van der Waals surface area contributed by atoms with E-state index in [9.17, 15) is 19.2 Å². The molecule has 3 atom stereocenters. The number of rotatable bonds is 35. The molecule has 0 rings (SSSR count). The van der Waals surface area contributed by atoms with Crippen LogP contribution in [-0.2, 0) is 38.1 Å². The van der Waals surface area contributed by atoms with Crippen LogP contribution >= 0.6 is 0 Å². The molecular formula is C46H84NO8+. The fourth-order valence-corrected chi connectivity index (χ4v) is 6.22. The summed E-state index contributed by atoms with van der Waals surface area (Å²) in [4.78, 5) is 49.2. The Morgan fingerprint density at radius 3 is 1.20 bits per heavy atom. The lowest BCUT2D eigenvalue weighted by Crippen LogP contribution is -2.45. The molecule has 0 spiro atoms. The van der Waals surface area contributed by atoms with Crippen LogP contribution in [0.2, 0.25) is 0 Å². The SMILES string of the molecule is CC(C)=CCC[C@H](C)CCOC(=O)CCCCCCCCC(=O)OCC(C[N+](C)(C)C)OC(=O)CCCCCCCCC(=O)OCC[C@@H](C)CCC=C(C)C. The number of esters is 4. The minimum Gasteiger partial charge on any atom is -0.466 e. The van der Waals surface area contributed by atoms with E-state index in [0.717, 1.165) is 116 Å². The molecule has 1 unspecified atom stereocenters. The van der Waals surface area contributed by atoms with E-state index in [0.29, 0.717) is 61.8 Å². The van der Waals surface area contributed by atoms with Gasteiger partial charge in [0.2, 0.25) is 0 Å². The summed E-state index contributed by atoms with van der Waals surface area (Å²) >= 11 is 0. The molecule has 0 aliphatic carbocycles. The molecule has 320 valence electrons. The number of allylic oxidation sites excluding steroid dienone is 4. The second-order valence-corrected chi connectivity index (χ2v) is 17.5. The van der Waals surface area contributed by atoms with Crippen LogP contribution in [0, 0.1) is 11.8 Å². The highest BCUT2D eigenvalue weighted by Gasteiger charge is 2.24. The highest BCUT2D eigenvalue weighted by molar-refractivity contribution is 5.70. The predicted octanol–water partition coefficient (Wildman–Crippen LogP) is 11.0. The largest absolute Gasteiger partial charge is 0.466 e. The Hall–Kier alpha value is -2.68. The number of likely N-dealkylation sites (N-methyl/N-ethyl adjacent to an activating group) is 1. The molecule has 0 heterocycles. The van der Waals surface area contributed by atoms with Gasteiger partial charge in [0, 0.05) is 25.7 Å². The van der Waals surface area contributed by atoms with Gasteiger partial charge in [0.1, 0.15) is 13.2 Å². The number of ether oxygens (including phenoxy) is 4. The zero-order valence-electron chi connectivity index (χ0n) is 37.0. The smallest absolute Gasteiger partial charge is 0.306 e. The van der Waals surface area contributed by atoms with Gasteiger partial charge in [-0.3, -0.25) is 19.2 Å². The number of hydrogen-bond acceptors (Lipinski definition) is 8. The van der Waals surface area contributed by atoms with Crippen molar-refractivity contribution in [3.05, 3.63) is 23.3 Å². The van der Waals surface area contributed by atoms with Crippen molar-refractivity contribution >= 4 is 23.9 Å². The number of quaternary nitrogens is 1. The summed E-state index contributed by atoms with van der Waals surface area (Å²) in [5.74, 6) is 0.383. The van der Waals surface area contributed by atoms with Crippen molar-refractivity contribution in [1.29, 1.82) is 0 Å². The Bertz CT molecular complexity index is 1080. The Balaban J connectivity index is 3.99. The van der Waals surface area contributed by atoms with Gasteiger partial charge >= 0.3 is 23.9 Å². The third-order valence-corrected chi connectivity index (χ3v) is 9.67. The molecule has 0 fully saturated rings. The molecule has 9 heteroatoms. The van der Waals surface area contributed by atoms with Crippen molar-refractivity contribution in [3.63, 3.8) is 0 Å². The molecule has 0 N–H and O–H groups in total. The monoisotopic (exact) mass is 779 g/mol. The average molecular weight is 779 g/mol. The van der Waals surface area contributed by atoms with Crippen molar-refractivity contribution in [3.8, 4) is 0 Å². The Morgan fingerprint density at radius 1 is 0.491 bits per heavy atom. The normalized spacial score (nSPS) is 13.0. The summed E-state index contributed by atoms with van der Waals surface area (Å²) < 4.78 is 22.7. The van der Waals surface area contributed by atoms with Crippen LogP contribution in [0.15, 0.2) is 23.3 Å². The molecule has 0 aliphatic heterocycles. The molecule has 0 saturated heterocycles. The van der Waals surface area contributed by atoms with Crippen LogP contribution in [-0.4, -0.2) is 82.0 Å². The van der Waals surface area contributed by atoms with Gasteiger partial charge in [-0.25, -0.2) is 0 Å². The average Bonchev–Trinajstić information content (AvgIpc) is 3.08. The maximum absolute atomic E-state index is 12.6. The summed E-state index contributed by atoms with van der Waals surface area (Å²) in [5.41, 5.74) is 2.69. The molecule has 0 aliphatic rings. The van der Waals surface area contributed by atoms with E-state index in [1.807, 2.05) is 21.1 Å². The lowest BCUT2D eigenvalue weighted by atomic mass is 10.0. The lowest BCUT2D eigenvalue weighted by molar-refractivity contribution is -0.873. The van der Waals surface area contributed by atoms with Gasteiger partial charge < -0.3 is 23.4 Å². The Kier molecular flexibility index (Phi) is 31.8. The first-order valence-corrected chi connectivity index (χ1v) is 21.8. The summed E-state index contributed by atoms with van der Waals surface area (Å²) in [6, 6.07) is 0. The molecule has 0 aromatic heterocycles. The van der Waals surface area contributed by atoms with Gasteiger partial charge in [0.25, 0.3) is 0 Å². The second kappa shape index (κ2) is 33.5. The second-order valence-electron chi connectivity index (χ2n) is 17.5. The molecule has 0 radical (unpaired) electrons. The lowest BCUT2D eigenvalue weighted by Gasteiger charge is -2.28. The standard InChI is InChI=1S/C46H84NO8/c1-38(2)24-22-26-40(5)32-34-52-43(48)28-18-14-10-11-16-20-30-45(50)54-37-42(36-47(7,8)9)55-46(51)31-21-17-13-12-15-19-29-44(49)53-35-33-41(6)27-23-25-39(3)4/h24-25,40-42H,10-23,26-37H2,1-9H3/q+1/t40-,41-,42?/m0/s1.